The van der Waals surface area contributed by atoms with Gasteiger partial charge in [-0.3, -0.25) is 0 Å². The lowest BCUT2D eigenvalue weighted by Crippen LogP contribution is -2.19. The fraction of sp³-hybridized carbons (Fsp3) is 0.267. The lowest BCUT2D eigenvalue weighted by atomic mass is 10.1. The number of carbonyl (C=O) groups excluding carboxylic acids is 1. The predicted molar refractivity (Wildman–Crippen MR) is 71.7 cm³/mol. The Balaban J connectivity index is 2.02. The number of esters is 1. The molecule has 1 atom stereocenters. The van der Waals surface area contributed by atoms with Crippen molar-refractivity contribution in [1.29, 1.82) is 0 Å². The van der Waals surface area contributed by atoms with Gasteiger partial charge in [-0.1, -0.05) is 12.1 Å². The maximum absolute atomic E-state index is 13.2. The summed E-state index contributed by atoms with van der Waals surface area (Å²) in [5.41, 5.74) is 1.55. The van der Waals surface area contributed by atoms with Crippen molar-refractivity contribution in [3.63, 3.8) is 0 Å². The van der Waals surface area contributed by atoms with Gasteiger partial charge in [0, 0.05) is 18.2 Å². The van der Waals surface area contributed by atoms with Crippen molar-refractivity contribution >= 4 is 5.97 Å². The Labute approximate surface area is 116 Å². The number of hydrogen-bond donors (Lipinski definition) is 1. The maximum atomic E-state index is 13.2. The molecule has 0 radical (unpaired) electrons. The fourth-order valence-corrected chi connectivity index (χ4v) is 1.90. The Morgan fingerprint density at radius 2 is 2.25 bits per heavy atom. The summed E-state index contributed by atoms with van der Waals surface area (Å²) in [7, 11) is 1.30. The van der Waals surface area contributed by atoms with Crippen LogP contribution in [0.4, 0.5) is 4.39 Å². The zero-order valence-corrected chi connectivity index (χ0v) is 11.4. The number of ether oxygens (including phenoxy) is 1. The maximum Gasteiger partial charge on any atom is 0.374 e. The van der Waals surface area contributed by atoms with E-state index in [0.29, 0.717) is 12.1 Å². The highest BCUT2D eigenvalue weighted by Gasteiger charge is 2.16. The number of benzene rings is 1. The van der Waals surface area contributed by atoms with E-state index in [-0.39, 0.29) is 17.6 Å². The van der Waals surface area contributed by atoms with Crippen LogP contribution in [0.5, 0.6) is 0 Å². The molecule has 0 spiro atoms. The van der Waals surface area contributed by atoms with E-state index in [4.69, 9.17) is 4.42 Å². The van der Waals surface area contributed by atoms with Gasteiger partial charge in [0.2, 0.25) is 5.76 Å². The molecule has 0 bridgehead atoms. The Morgan fingerprint density at radius 1 is 1.45 bits per heavy atom. The lowest BCUT2D eigenvalue weighted by Gasteiger charge is -2.14. The smallest absolute Gasteiger partial charge is 0.374 e. The van der Waals surface area contributed by atoms with Crippen LogP contribution in [-0.2, 0) is 11.3 Å². The summed E-state index contributed by atoms with van der Waals surface area (Å²) in [5.74, 6) is -0.591. The number of carbonyl (C=O) groups is 1. The molecular formula is C15H16FNO3. The highest BCUT2D eigenvalue weighted by Crippen LogP contribution is 2.16. The van der Waals surface area contributed by atoms with Crippen LogP contribution in [0.25, 0.3) is 0 Å². The van der Waals surface area contributed by atoms with Crippen LogP contribution < -0.4 is 5.32 Å². The molecule has 0 fully saturated rings. The molecule has 1 heterocycles. The highest BCUT2D eigenvalue weighted by molar-refractivity contribution is 5.87. The summed E-state index contributed by atoms with van der Waals surface area (Å²) in [4.78, 5) is 11.5. The quantitative estimate of drug-likeness (QED) is 0.853. The Hall–Kier alpha value is -2.14. The van der Waals surface area contributed by atoms with Gasteiger partial charge in [-0.25, -0.2) is 9.18 Å². The second-order valence-corrected chi connectivity index (χ2v) is 4.42. The molecule has 106 valence electrons. The normalized spacial score (nSPS) is 12.2. The van der Waals surface area contributed by atoms with Gasteiger partial charge in [-0.15, -0.1) is 0 Å². The Bertz CT molecular complexity index is 594. The third-order valence-electron chi connectivity index (χ3n) is 3.06. The molecule has 2 rings (SSSR count). The molecule has 5 heteroatoms. The van der Waals surface area contributed by atoms with Crippen LogP contribution >= 0.6 is 0 Å². The molecule has 0 saturated heterocycles. The van der Waals surface area contributed by atoms with Gasteiger partial charge < -0.3 is 14.5 Å². The second kappa shape index (κ2) is 6.34. The first-order valence-electron chi connectivity index (χ1n) is 6.25. The Kier molecular flexibility index (Phi) is 4.53. The molecule has 4 nitrogen and oxygen atoms in total. The van der Waals surface area contributed by atoms with Gasteiger partial charge in [0.1, 0.15) is 5.82 Å². The van der Waals surface area contributed by atoms with Crippen molar-refractivity contribution < 1.29 is 18.3 Å². The van der Waals surface area contributed by atoms with Crippen molar-refractivity contribution in [3.8, 4) is 0 Å². The molecule has 0 saturated carbocycles. The summed E-state index contributed by atoms with van der Waals surface area (Å²) in [6.45, 7) is 2.35. The first-order chi connectivity index (χ1) is 9.61. The fourth-order valence-electron chi connectivity index (χ4n) is 1.90. The van der Waals surface area contributed by atoms with E-state index in [2.05, 4.69) is 10.1 Å². The minimum atomic E-state index is -0.509. The molecule has 1 aromatic heterocycles. The van der Waals surface area contributed by atoms with Gasteiger partial charge in [0.05, 0.1) is 13.4 Å². The molecule has 20 heavy (non-hydrogen) atoms. The molecule has 0 aliphatic rings. The average molecular weight is 277 g/mol. The van der Waals surface area contributed by atoms with E-state index in [1.54, 1.807) is 12.1 Å². The molecule has 0 amide bonds. The molecule has 0 aliphatic heterocycles. The standard InChI is InChI=1S/C15H16FNO3/c1-10(11-4-3-5-13(16)8-11)17-9-12-6-7-20-14(12)15(18)19-2/h3-8,10,17H,9H2,1-2H3. The largest absolute Gasteiger partial charge is 0.463 e. The molecule has 1 aromatic carbocycles. The van der Waals surface area contributed by atoms with Crippen molar-refractivity contribution in [3.05, 3.63) is 59.3 Å². The molecular weight excluding hydrogens is 261 g/mol. The molecule has 1 N–H and O–H groups in total. The predicted octanol–water partition coefficient (Wildman–Crippen LogP) is 3.06. The second-order valence-electron chi connectivity index (χ2n) is 4.42. The molecule has 0 aliphatic carbocycles. The van der Waals surface area contributed by atoms with Crippen LogP contribution in [0, 0.1) is 5.82 Å². The third kappa shape index (κ3) is 3.24. The van der Waals surface area contributed by atoms with E-state index in [0.717, 1.165) is 5.56 Å². The monoisotopic (exact) mass is 277 g/mol. The highest BCUT2D eigenvalue weighted by atomic mass is 19.1. The van der Waals surface area contributed by atoms with E-state index in [1.807, 2.05) is 13.0 Å². The summed E-state index contributed by atoms with van der Waals surface area (Å²) in [5, 5.41) is 3.21. The number of rotatable bonds is 5. The number of nitrogens with one attached hydrogen (secondary N) is 1. The summed E-state index contributed by atoms with van der Waals surface area (Å²) >= 11 is 0. The first kappa shape index (κ1) is 14.3. The third-order valence-corrected chi connectivity index (χ3v) is 3.06. The zero-order valence-electron chi connectivity index (χ0n) is 11.4. The number of methoxy groups -OCH3 is 1. The first-order valence-corrected chi connectivity index (χ1v) is 6.25. The van der Waals surface area contributed by atoms with E-state index in [9.17, 15) is 9.18 Å². The van der Waals surface area contributed by atoms with Crippen molar-refractivity contribution in [2.45, 2.75) is 19.5 Å². The summed E-state index contributed by atoms with van der Waals surface area (Å²) < 4.78 is 22.9. The van der Waals surface area contributed by atoms with Crippen LogP contribution in [0.3, 0.4) is 0 Å². The van der Waals surface area contributed by atoms with Gasteiger partial charge >= 0.3 is 5.97 Å². The molecule has 1 unspecified atom stereocenters. The molecule has 2 aromatic rings. The van der Waals surface area contributed by atoms with Crippen molar-refractivity contribution in [1.82, 2.24) is 5.32 Å². The number of hydrogen-bond acceptors (Lipinski definition) is 4. The lowest BCUT2D eigenvalue weighted by molar-refractivity contribution is 0.0563. The van der Waals surface area contributed by atoms with Crippen LogP contribution in [0.15, 0.2) is 41.0 Å². The SMILES string of the molecule is COC(=O)c1occc1CNC(C)c1cccc(F)c1. The van der Waals surface area contributed by atoms with Gasteiger partial charge in [-0.2, -0.15) is 0 Å². The van der Waals surface area contributed by atoms with E-state index < -0.39 is 5.97 Å². The van der Waals surface area contributed by atoms with Gasteiger partial charge in [0.15, 0.2) is 0 Å². The van der Waals surface area contributed by atoms with Gasteiger partial charge in [0.25, 0.3) is 0 Å². The van der Waals surface area contributed by atoms with Gasteiger partial charge in [-0.05, 0) is 30.7 Å². The van der Waals surface area contributed by atoms with Crippen molar-refractivity contribution in [2.24, 2.45) is 0 Å². The van der Waals surface area contributed by atoms with Crippen LogP contribution in [-0.4, -0.2) is 13.1 Å². The topological polar surface area (TPSA) is 51.5 Å². The van der Waals surface area contributed by atoms with Crippen LogP contribution in [0.2, 0.25) is 0 Å². The van der Waals surface area contributed by atoms with E-state index in [1.165, 1.54) is 25.5 Å². The van der Waals surface area contributed by atoms with E-state index >= 15 is 0 Å². The Morgan fingerprint density at radius 3 is 2.95 bits per heavy atom. The summed E-state index contributed by atoms with van der Waals surface area (Å²) in [6, 6.07) is 8.05. The minimum Gasteiger partial charge on any atom is -0.463 e. The minimum absolute atomic E-state index is 0.0499. The average Bonchev–Trinajstić information content (AvgIpc) is 2.92. The van der Waals surface area contributed by atoms with Crippen LogP contribution in [0.1, 0.15) is 34.6 Å². The van der Waals surface area contributed by atoms with Crippen molar-refractivity contribution in [2.75, 3.05) is 7.11 Å². The number of halogens is 1. The number of furan rings is 1. The zero-order chi connectivity index (χ0) is 14.5. The summed E-state index contributed by atoms with van der Waals surface area (Å²) in [6.07, 6.45) is 1.44.